The molecule has 2 N–H and O–H groups in total. The number of aliphatic hydroxyl groups is 1. The van der Waals surface area contributed by atoms with Crippen LogP contribution in [0.4, 0.5) is 0 Å². The molecule has 33 heavy (non-hydrogen) atoms. The molecule has 0 fully saturated rings. The summed E-state index contributed by atoms with van der Waals surface area (Å²) in [5.74, 6) is -0.683. The SMILES string of the molecule is CCCCCCCCCCCCCCCCCCCCC(O)CCCCCCCCC(=O)O. The van der Waals surface area contributed by atoms with Crippen molar-refractivity contribution in [2.24, 2.45) is 0 Å². The van der Waals surface area contributed by atoms with E-state index in [0.717, 1.165) is 38.5 Å². The molecule has 0 saturated heterocycles. The number of rotatable bonds is 28. The summed E-state index contributed by atoms with van der Waals surface area (Å²) < 4.78 is 0. The van der Waals surface area contributed by atoms with Gasteiger partial charge in [0.25, 0.3) is 0 Å². The highest BCUT2D eigenvalue weighted by atomic mass is 16.4. The van der Waals surface area contributed by atoms with Crippen LogP contribution < -0.4 is 0 Å². The summed E-state index contributed by atoms with van der Waals surface area (Å²) in [5, 5.41) is 18.7. The fourth-order valence-electron chi connectivity index (χ4n) is 4.79. The molecular formula is C30H60O3. The predicted octanol–water partition coefficient (Wildman–Crippen LogP) is 9.98. The lowest BCUT2D eigenvalue weighted by atomic mass is 10.0. The van der Waals surface area contributed by atoms with E-state index in [4.69, 9.17) is 5.11 Å². The second-order valence-corrected chi connectivity index (χ2v) is 10.5. The Morgan fingerprint density at radius 1 is 0.485 bits per heavy atom. The number of hydrogen-bond donors (Lipinski definition) is 2. The predicted molar refractivity (Wildman–Crippen MR) is 144 cm³/mol. The molecular weight excluding hydrogens is 408 g/mol. The molecule has 0 bridgehead atoms. The largest absolute Gasteiger partial charge is 0.481 e. The molecule has 0 radical (unpaired) electrons. The van der Waals surface area contributed by atoms with Crippen molar-refractivity contribution in [1.82, 2.24) is 0 Å². The van der Waals surface area contributed by atoms with Crippen LogP contribution in [0.2, 0.25) is 0 Å². The summed E-state index contributed by atoms with van der Waals surface area (Å²) in [7, 11) is 0. The summed E-state index contributed by atoms with van der Waals surface area (Å²) >= 11 is 0. The Morgan fingerprint density at radius 3 is 1.06 bits per heavy atom. The van der Waals surface area contributed by atoms with Crippen molar-refractivity contribution in [2.75, 3.05) is 0 Å². The fourth-order valence-corrected chi connectivity index (χ4v) is 4.79. The first-order valence-electron chi connectivity index (χ1n) is 15.1. The third-order valence-electron chi connectivity index (χ3n) is 7.07. The highest BCUT2D eigenvalue weighted by Crippen LogP contribution is 2.16. The molecule has 3 heteroatoms. The zero-order valence-electron chi connectivity index (χ0n) is 22.5. The quantitative estimate of drug-likeness (QED) is 0.112. The van der Waals surface area contributed by atoms with Gasteiger partial charge in [-0.1, -0.05) is 155 Å². The lowest BCUT2D eigenvalue weighted by Crippen LogP contribution is -2.05. The second-order valence-electron chi connectivity index (χ2n) is 10.5. The van der Waals surface area contributed by atoms with Crippen LogP contribution in [0, 0.1) is 0 Å². The van der Waals surface area contributed by atoms with Crippen molar-refractivity contribution in [1.29, 1.82) is 0 Å². The second kappa shape index (κ2) is 27.7. The molecule has 0 aliphatic rings. The summed E-state index contributed by atoms with van der Waals surface area (Å²) in [6.07, 6.45) is 33.7. The molecule has 0 aliphatic carbocycles. The van der Waals surface area contributed by atoms with E-state index in [1.165, 1.54) is 128 Å². The molecule has 0 heterocycles. The van der Waals surface area contributed by atoms with E-state index in [1.807, 2.05) is 0 Å². The van der Waals surface area contributed by atoms with Gasteiger partial charge in [0, 0.05) is 6.42 Å². The average Bonchev–Trinajstić information content (AvgIpc) is 2.79. The van der Waals surface area contributed by atoms with Crippen LogP contribution in [-0.2, 0) is 4.79 Å². The Hall–Kier alpha value is -0.570. The summed E-state index contributed by atoms with van der Waals surface area (Å²) in [6.45, 7) is 2.29. The van der Waals surface area contributed by atoms with E-state index in [1.54, 1.807) is 0 Å². The maximum absolute atomic E-state index is 10.4. The number of carbonyl (C=O) groups is 1. The summed E-state index contributed by atoms with van der Waals surface area (Å²) in [6, 6.07) is 0. The lowest BCUT2D eigenvalue weighted by molar-refractivity contribution is -0.137. The molecule has 0 aromatic carbocycles. The maximum atomic E-state index is 10.4. The number of unbranched alkanes of at least 4 members (excludes halogenated alkanes) is 22. The van der Waals surface area contributed by atoms with Crippen molar-refractivity contribution in [3.8, 4) is 0 Å². The molecule has 1 atom stereocenters. The Labute approximate surface area is 207 Å². The molecule has 3 nitrogen and oxygen atoms in total. The van der Waals surface area contributed by atoms with Crippen LogP contribution in [0.15, 0.2) is 0 Å². The van der Waals surface area contributed by atoms with Crippen LogP contribution in [-0.4, -0.2) is 22.3 Å². The van der Waals surface area contributed by atoms with Crippen LogP contribution in [0.25, 0.3) is 0 Å². The van der Waals surface area contributed by atoms with Crippen molar-refractivity contribution in [2.45, 2.75) is 186 Å². The van der Waals surface area contributed by atoms with Crippen LogP contribution in [0.3, 0.4) is 0 Å². The third kappa shape index (κ3) is 29.4. The van der Waals surface area contributed by atoms with E-state index in [9.17, 15) is 9.90 Å². The summed E-state index contributed by atoms with van der Waals surface area (Å²) in [4.78, 5) is 10.4. The first-order valence-corrected chi connectivity index (χ1v) is 15.1. The fraction of sp³-hybridized carbons (Fsp3) is 0.967. The lowest BCUT2D eigenvalue weighted by Gasteiger charge is -2.10. The topological polar surface area (TPSA) is 57.5 Å². The Morgan fingerprint density at radius 2 is 0.758 bits per heavy atom. The number of hydrogen-bond acceptors (Lipinski definition) is 2. The molecule has 0 saturated carbocycles. The molecule has 0 aromatic heterocycles. The molecule has 1 unspecified atom stereocenters. The Bertz CT molecular complexity index is 383. The molecule has 0 aromatic rings. The number of carboxylic acids is 1. The van der Waals surface area contributed by atoms with Gasteiger partial charge in [-0.05, 0) is 19.3 Å². The zero-order valence-corrected chi connectivity index (χ0v) is 22.5. The van der Waals surface area contributed by atoms with Gasteiger partial charge in [-0.15, -0.1) is 0 Å². The standard InChI is InChI=1S/C30H60O3/c1-2-3-4-5-6-7-8-9-10-11-12-13-14-15-16-17-20-23-26-29(31)27-24-21-18-19-22-25-28-30(32)33/h29,31H,2-28H2,1H3,(H,32,33). The Kier molecular flexibility index (Phi) is 27.2. The monoisotopic (exact) mass is 468 g/mol. The van der Waals surface area contributed by atoms with Gasteiger partial charge in [-0.3, -0.25) is 4.79 Å². The molecule has 0 spiro atoms. The van der Waals surface area contributed by atoms with Gasteiger partial charge in [0.1, 0.15) is 0 Å². The van der Waals surface area contributed by atoms with Gasteiger partial charge in [-0.25, -0.2) is 0 Å². The molecule has 198 valence electrons. The first-order chi connectivity index (χ1) is 16.2. The number of carboxylic acid groups (broad SMARTS) is 1. The first kappa shape index (κ1) is 32.4. The van der Waals surface area contributed by atoms with Crippen molar-refractivity contribution in [3.05, 3.63) is 0 Å². The molecule has 0 aliphatic heterocycles. The van der Waals surface area contributed by atoms with Crippen molar-refractivity contribution >= 4 is 5.97 Å². The normalized spacial score (nSPS) is 12.3. The average molecular weight is 469 g/mol. The van der Waals surface area contributed by atoms with E-state index in [-0.39, 0.29) is 6.10 Å². The van der Waals surface area contributed by atoms with Crippen LogP contribution >= 0.6 is 0 Å². The van der Waals surface area contributed by atoms with Crippen molar-refractivity contribution < 1.29 is 15.0 Å². The number of aliphatic hydroxyl groups excluding tert-OH is 1. The van der Waals surface area contributed by atoms with Gasteiger partial charge < -0.3 is 10.2 Å². The Balaban J connectivity index is 3.13. The van der Waals surface area contributed by atoms with E-state index >= 15 is 0 Å². The minimum atomic E-state index is -0.683. The number of aliphatic carboxylic acids is 1. The third-order valence-corrected chi connectivity index (χ3v) is 7.07. The maximum Gasteiger partial charge on any atom is 0.303 e. The van der Waals surface area contributed by atoms with Gasteiger partial charge in [0.15, 0.2) is 0 Å². The minimum absolute atomic E-state index is 0.113. The van der Waals surface area contributed by atoms with Gasteiger partial charge in [-0.2, -0.15) is 0 Å². The smallest absolute Gasteiger partial charge is 0.303 e. The molecule has 0 rings (SSSR count). The van der Waals surface area contributed by atoms with E-state index in [0.29, 0.717) is 6.42 Å². The summed E-state index contributed by atoms with van der Waals surface area (Å²) in [5.41, 5.74) is 0. The van der Waals surface area contributed by atoms with Gasteiger partial charge >= 0.3 is 5.97 Å². The van der Waals surface area contributed by atoms with Crippen LogP contribution in [0.1, 0.15) is 180 Å². The minimum Gasteiger partial charge on any atom is -0.481 e. The molecule has 0 amide bonds. The highest BCUT2D eigenvalue weighted by Gasteiger charge is 2.04. The van der Waals surface area contributed by atoms with Gasteiger partial charge in [0.05, 0.1) is 6.10 Å². The van der Waals surface area contributed by atoms with E-state index < -0.39 is 5.97 Å². The zero-order chi connectivity index (χ0) is 24.2. The van der Waals surface area contributed by atoms with Gasteiger partial charge in [0.2, 0.25) is 0 Å². The van der Waals surface area contributed by atoms with Crippen LogP contribution in [0.5, 0.6) is 0 Å². The highest BCUT2D eigenvalue weighted by molar-refractivity contribution is 5.66. The van der Waals surface area contributed by atoms with Crippen molar-refractivity contribution in [3.63, 3.8) is 0 Å². The van der Waals surface area contributed by atoms with E-state index in [2.05, 4.69) is 6.92 Å².